The minimum absolute atomic E-state index is 0.530. The predicted molar refractivity (Wildman–Crippen MR) is 54.9 cm³/mol. The molecule has 0 saturated carbocycles. The van der Waals surface area contributed by atoms with E-state index in [0.717, 1.165) is 7.05 Å². The topological polar surface area (TPSA) is 40.5 Å². The molecule has 106 valence electrons. The quantitative estimate of drug-likeness (QED) is 0.522. The van der Waals surface area contributed by atoms with Crippen LogP contribution in [0.1, 0.15) is 17.3 Å². The standard InChI is InChI=1S/C11H10F5NO2/c1-4(3-18)17(2)11(19)5-6(12)8(14)10(16)9(15)7(5)13/h4,18H,3H2,1-2H3. The van der Waals surface area contributed by atoms with E-state index in [9.17, 15) is 26.7 Å². The Hall–Kier alpha value is -1.70. The van der Waals surface area contributed by atoms with Gasteiger partial charge in [-0.2, -0.15) is 0 Å². The Labute approximate surface area is 105 Å². The van der Waals surface area contributed by atoms with Gasteiger partial charge in [-0.05, 0) is 6.92 Å². The highest BCUT2D eigenvalue weighted by Crippen LogP contribution is 2.24. The van der Waals surface area contributed by atoms with Gasteiger partial charge in [-0.25, -0.2) is 22.0 Å². The molecule has 0 radical (unpaired) electrons. The monoisotopic (exact) mass is 283 g/mol. The summed E-state index contributed by atoms with van der Waals surface area (Å²) < 4.78 is 65.4. The number of hydrogen-bond donors (Lipinski definition) is 1. The van der Waals surface area contributed by atoms with Crippen molar-refractivity contribution >= 4 is 5.91 Å². The van der Waals surface area contributed by atoms with E-state index in [4.69, 9.17) is 5.11 Å². The van der Waals surface area contributed by atoms with Crippen molar-refractivity contribution in [3.05, 3.63) is 34.6 Å². The van der Waals surface area contributed by atoms with Crippen molar-refractivity contribution < 1.29 is 31.9 Å². The van der Waals surface area contributed by atoms with Crippen molar-refractivity contribution in [2.75, 3.05) is 13.7 Å². The number of nitrogens with zero attached hydrogens (tertiary/aromatic N) is 1. The number of rotatable bonds is 3. The van der Waals surface area contributed by atoms with E-state index in [1.165, 1.54) is 6.92 Å². The van der Waals surface area contributed by atoms with E-state index in [0.29, 0.717) is 4.90 Å². The first-order chi connectivity index (χ1) is 8.73. The van der Waals surface area contributed by atoms with Crippen molar-refractivity contribution in [3.8, 4) is 0 Å². The van der Waals surface area contributed by atoms with Gasteiger partial charge >= 0.3 is 0 Å². The van der Waals surface area contributed by atoms with Crippen LogP contribution >= 0.6 is 0 Å². The van der Waals surface area contributed by atoms with Crippen LogP contribution in [0.25, 0.3) is 0 Å². The van der Waals surface area contributed by atoms with Crippen LogP contribution in [0.2, 0.25) is 0 Å². The lowest BCUT2D eigenvalue weighted by atomic mass is 10.1. The van der Waals surface area contributed by atoms with E-state index >= 15 is 0 Å². The molecule has 1 aromatic carbocycles. The van der Waals surface area contributed by atoms with Gasteiger partial charge in [0.15, 0.2) is 23.3 Å². The second kappa shape index (κ2) is 5.52. The lowest BCUT2D eigenvalue weighted by molar-refractivity contribution is 0.0669. The maximum atomic E-state index is 13.3. The molecule has 1 N–H and O–H groups in total. The molecule has 3 nitrogen and oxygen atoms in total. The Balaban J connectivity index is 3.40. The third-order valence-electron chi connectivity index (χ3n) is 2.67. The fourth-order valence-corrected chi connectivity index (χ4v) is 1.29. The van der Waals surface area contributed by atoms with E-state index < -0.39 is 53.2 Å². The van der Waals surface area contributed by atoms with Crippen molar-refractivity contribution in [3.63, 3.8) is 0 Å². The van der Waals surface area contributed by atoms with Crippen molar-refractivity contribution in [2.45, 2.75) is 13.0 Å². The summed E-state index contributed by atoms with van der Waals surface area (Å²) in [6.07, 6.45) is 0. The van der Waals surface area contributed by atoms with Crippen LogP contribution in [0.4, 0.5) is 22.0 Å². The fourth-order valence-electron chi connectivity index (χ4n) is 1.29. The number of hydrogen-bond acceptors (Lipinski definition) is 2. The summed E-state index contributed by atoms with van der Waals surface area (Å²) in [5.41, 5.74) is -1.54. The molecule has 0 spiro atoms. The first-order valence-electron chi connectivity index (χ1n) is 5.13. The van der Waals surface area contributed by atoms with Crippen LogP contribution in [0, 0.1) is 29.1 Å². The number of amides is 1. The molecule has 1 unspecified atom stereocenters. The Morgan fingerprint density at radius 2 is 1.42 bits per heavy atom. The maximum Gasteiger partial charge on any atom is 0.260 e. The van der Waals surface area contributed by atoms with Crippen LogP contribution in [0.5, 0.6) is 0 Å². The van der Waals surface area contributed by atoms with Gasteiger partial charge in [0.2, 0.25) is 5.82 Å². The predicted octanol–water partition coefficient (Wildman–Crippen LogP) is 1.83. The third kappa shape index (κ3) is 2.53. The Morgan fingerprint density at radius 3 is 1.79 bits per heavy atom. The molecule has 19 heavy (non-hydrogen) atoms. The van der Waals surface area contributed by atoms with Gasteiger partial charge in [-0.1, -0.05) is 0 Å². The molecule has 0 aliphatic heterocycles. The fraction of sp³-hybridized carbons (Fsp3) is 0.364. The minimum Gasteiger partial charge on any atom is -0.394 e. The highest BCUT2D eigenvalue weighted by atomic mass is 19.2. The molecule has 1 amide bonds. The molecule has 0 fully saturated rings. The summed E-state index contributed by atoms with van der Waals surface area (Å²) in [5, 5.41) is 8.80. The summed E-state index contributed by atoms with van der Waals surface area (Å²) >= 11 is 0. The maximum absolute atomic E-state index is 13.3. The van der Waals surface area contributed by atoms with Crippen LogP contribution in [-0.4, -0.2) is 35.6 Å². The molecule has 0 aliphatic carbocycles. The lowest BCUT2D eigenvalue weighted by Gasteiger charge is -2.23. The molecule has 0 aliphatic rings. The number of halogens is 5. The van der Waals surface area contributed by atoms with Gasteiger partial charge in [-0.15, -0.1) is 0 Å². The van der Waals surface area contributed by atoms with Crippen LogP contribution in [-0.2, 0) is 0 Å². The van der Waals surface area contributed by atoms with E-state index in [1.54, 1.807) is 0 Å². The van der Waals surface area contributed by atoms with Crippen LogP contribution < -0.4 is 0 Å². The first kappa shape index (κ1) is 15.4. The van der Waals surface area contributed by atoms with E-state index in [1.807, 2.05) is 0 Å². The molecular weight excluding hydrogens is 273 g/mol. The number of carbonyl (C=O) groups is 1. The Bertz CT molecular complexity index is 491. The molecule has 0 bridgehead atoms. The number of aliphatic hydroxyl groups excluding tert-OH is 1. The molecule has 8 heteroatoms. The van der Waals surface area contributed by atoms with Gasteiger partial charge in [0, 0.05) is 7.05 Å². The number of likely N-dealkylation sites (N-methyl/N-ethyl adjacent to an activating group) is 1. The molecule has 1 rings (SSSR count). The van der Waals surface area contributed by atoms with Crippen molar-refractivity contribution in [1.29, 1.82) is 0 Å². The number of benzene rings is 1. The van der Waals surface area contributed by atoms with Gasteiger partial charge in [0.25, 0.3) is 5.91 Å². The zero-order valence-electron chi connectivity index (χ0n) is 9.98. The second-order valence-corrected chi connectivity index (χ2v) is 3.89. The SMILES string of the molecule is CC(CO)N(C)C(=O)c1c(F)c(F)c(F)c(F)c1F. The summed E-state index contributed by atoms with van der Waals surface area (Å²) in [6.45, 7) is 0.807. The van der Waals surface area contributed by atoms with Gasteiger partial charge in [0.1, 0.15) is 5.56 Å². The summed E-state index contributed by atoms with van der Waals surface area (Å²) in [6, 6.07) is -0.845. The van der Waals surface area contributed by atoms with Gasteiger partial charge < -0.3 is 10.0 Å². The molecule has 1 aromatic rings. The van der Waals surface area contributed by atoms with Gasteiger partial charge in [-0.3, -0.25) is 4.79 Å². The Morgan fingerprint density at radius 1 is 1.05 bits per heavy atom. The lowest BCUT2D eigenvalue weighted by Crippen LogP contribution is -2.38. The zero-order chi connectivity index (χ0) is 14.9. The first-order valence-corrected chi connectivity index (χ1v) is 5.13. The Kier molecular flexibility index (Phi) is 4.46. The summed E-state index contributed by atoms with van der Waals surface area (Å²) in [4.78, 5) is 12.4. The van der Waals surface area contributed by atoms with E-state index in [-0.39, 0.29) is 0 Å². The van der Waals surface area contributed by atoms with E-state index in [2.05, 4.69) is 0 Å². The normalized spacial score (nSPS) is 12.4. The van der Waals surface area contributed by atoms with Crippen molar-refractivity contribution in [1.82, 2.24) is 4.90 Å². The highest BCUT2D eigenvalue weighted by molar-refractivity contribution is 5.94. The van der Waals surface area contributed by atoms with Crippen LogP contribution in [0.3, 0.4) is 0 Å². The zero-order valence-corrected chi connectivity index (χ0v) is 9.98. The smallest absolute Gasteiger partial charge is 0.260 e. The largest absolute Gasteiger partial charge is 0.394 e. The summed E-state index contributed by atoms with van der Waals surface area (Å²) in [7, 11) is 1.07. The minimum atomic E-state index is -2.33. The van der Waals surface area contributed by atoms with Crippen molar-refractivity contribution in [2.24, 2.45) is 0 Å². The van der Waals surface area contributed by atoms with Gasteiger partial charge in [0.05, 0.1) is 12.6 Å². The number of aliphatic hydroxyl groups is 1. The third-order valence-corrected chi connectivity index (χ3v) is 2.67. The average molecular weight is 283 g/mol. The molecular formula is C11H10F5NO2. The average Bonchev–Trinajstić information content (AvgIpc) is 2.41. The van der Waals surface area contributed by atoms with Crippen LogP contribution in [0.15, 0.2) is 0 Å². The molecule has 0 heterocycles. The second-order valence-electron chi connectivity index (χ2n) is 3.89. The molecule has 1 atom stereocenters. The molecule has 0 aromatic heterocycles. The number of carbonyl (C=O) groups excluding carboxylic acids is 1. The summed E-state index contributed by atoms with van der Waals surface area (Å²) in [5.74, 6) is -12.5. The highest BCUT2D eigenvalue weighted by Gasteiger charge is 2.32. The molecule has 0 saturated heterocycles.